The van der Waals surface area contributed by atoms with Crippen LogP contribution in [0.25, 0.3) is 0 Å². The first-order chi connectivity index (χ1) is 15.0. The number of nitrogens with two attached hydrogens (primary N) is 1. The van der Waals surface area contributed by atoms with Crippen molar-refractivity contribution in [1.29, 1.82) is 0 Å². The third-order valence-corrected chi connectivity index (χ3v) is 5.74. The Morgan fingerprint density at radius 1 is 1.16 bits per heavy atom. The maximum Gasteiger partial charge on any atom is 0.320 e. The van der Waals surface area contributed by atoms with Gasteiger partial charge in [-0.2, -0.15) is 9.97 Å². The molecule has 0 atom stereocenters. The van der Waals surface area contributed by atoms with Crippen molar-refractivity contribution in [1.82, 2.24) is 14.9 Å². The van der Waals surface area contributed by atoms with E-state index in [4.69, 9.17) is 22.1 Å². The zero-order valence-electron chi connectivity index (χ0n) is 17.9. The Morgan fingerprint density at radius 2 is 1.90 bits per heavy atom. The quantitative estimate of drug-likeness (QED) is 0.602. The van der Waals surface area contributed by atoms with Gasteiger partial charge in [0.2, 0.25) is 5.91 Å². The third-order valence-electron chi connectivity index (χ3n) is 5.52. The van der Waals surface area contributed by atoms with Gasteiger partial charge in [0.15, 0.2) is 11.6 Å². The predicted octanol–water partition coefficient (Wildman–Crippen LogP) is 3.45. The average molecular weight is 445 g/mol. The fourth-order valence-electron chi connectivity index (χ4n) is 4.04. The topological polar surface area (TPSA) is 96.6 Å². The normalized spacial score (nSPS) is 16.3. The number of benzene rings is 1. The van der Waals surface area contributed by atoms with Gasteiger partial charge in [-0.05, 0) is 55.6 Å². The van der Waals surface area contributed by atoms with Gasteiger partial charge in [0.1, 0.15) is 5.69 Å². The Morgan fingerprint density at radius 3 is 2.65 bits per heavy atom. The standard InChI is InChI=1S/C22H29ClN6O2/c1-2-3-8-31-22-26-20(24)19-21(27-22)29(14-18(30)25-19)13-16-9-15(10-17(23)11-16)12-28-6-4-5-7-28/h9-11H,2-8,12-14H2,1H3,(H,25,30)(H2,24,26,27). The number of amides is 1. The Balaban J connectivity index is 1.57. The number of ether oxygens (including phenoxy) is 1. The number of rotatable bonds is 8. The molecule has 0 aliphatic carbocycles. The van der Waals surface area contributed by atoms with Crippen LogP contribution in [0, 0.1) is 0 Å². The van der Waals surface area contributed by atoms with Crippen LogP contribution < -0.4 is 20.7 Å². The first-order valence-electron chi connectivity index (χ1n) is 10.9. The van der Waals surface area contributed by atoms with Crippen LogP contribution in [0.1, 0.15) is 43.7 Å². The van der Waals surface area contributed by atoms with E-state index in [1.165, 1.54) is 18.4 Å². The molecule has 3 N–H and O–H groups in total. The van der Waals surface area contributed by atoms with E-state index in [1.54, 1.807) is 0 Å². The van der Waals surface area contributed by atoms with Gasteiger partial charge in [-0.25, -0.2) is 0 Å². The molecule has 0 saturated carbocycles. The maximum atomic E-state index is 12.3. The molecule has 0 radical (unpaired) electrons. The fraction of sp³-hybridized carbons (Fsp3) is 0.500. The highest BCUT2D eigenvalue weighted by atomic mass is 35.5. The summed E-state index contributed by atoms with van der Waals surface area (Å²) in [5.41, 5.74) is 8.73. The van der Waals surface area contributed by atoms with E-state index in [9.17, 15) is 4.79 Å². The summed E-state index contributed by atoms with van der Waals surface area (Å²) in [5.74, 6) is 0.622. The molecule has 1 saturated heterocycles. The number of anilines is 3. The molecule has 9 heteroatoms. The van der Waals surface area contributed by atoms with Crippen molar-refractivity contribution in [2.24, 2.45) is 0 Å². The van der Waals surface area contributed by atoms with Gasteiger partial charge in [-0.3, -0.25) is 9.69 Å². The number of carbonyl (C=O) groups is 1. The molecular formula is C22H29ClN6O2. The zero-order chi connectivity index (χ0) is 21.8. The van der Waals surface area contributed by atoms with E-state index in [0.29, 0.717) is 29.7 Å². The molecule has 2 aliphatic heterocycles. The number of hydrogen-bond acceptors (Lipinski definition) is 7. The lowest BCUT2D eigenvalue weighted by Gasteiger charge is -2.30. The highest BCUT2D eigenvalue weighted by molar-refractivity contribution is 6.30. The van der Waals surface area contributed by atoms with E-state index in [1.807, 2.05) is 17.0 Å². The van der Waals surface area contributed by atoms with Crippen LogP contribution in [-0.4, -0.2) is 47.0 Å². The van der Waals surface area contributed by atoms with Crippen LogP contribution in [0.3, 0.4) is 0 Å². The molecule has 8 nitrogen and oxygen atoms in total. The summed E-state index contributed by atoms with van der Waals surface area (Å²) in [7, 11) is 0. The second-order valence-corrected chi connectivity index (χ2v) is 8.58. The van der Waals surface area contributed by atoms with Crippen LogP contribution in [0.4, 0.5) is 17.3 Å². The van der Waals surface area contributed by atoms with Gasteiger partial charge < -0.3 is 20.7 Å². The van der Waals surface area contributed by atoms with Crippen molar-refractivity contribution in [3.05, 3.63) is 34.3 Å². The number of unbranched alkanes of at least 4 members (excludes halogenated alkanes) is 1. The minimum atomic E-state index is -0.151. The van der Waals surface area contributed by atoms with E-state index >= 15 is 0 Å². The van der Waals surface area contributed by atoms with Crippen molar-refractivity contribution < 1.29 is 9.53 Å². The van der Waals surface area contributed by atoms with Gasteiger partial charge in [-0.1, -0.05) is 31.0 Å². The first kappa shape index (κ1) is 21.6. The second-order valence-electron chi connectivity index (χ2n) is 8.15. The van der Waals surface area contributed by atoms with E-state index in [0.717, 1.165) is 38.0 Å². The third kappa shape index (κ3) is 5.37. The minimum Gasteiger partial charge on any atom is -0.463 e. The van der Waals surface area contributed by atoms with Gasteiger partial charge >= 0.3 is 6.01 Å². The molecule has 0 unspecified atom stereocenters. The van der Waals surface area contributed by atoms with Crippen molar-refractivity contribution in [3.8, 4) is 6.01 Å². The molecule has 166 valence electrons. The largest absolute Gasteiger partial charge is 0.463 e. The molecule has 3 heterocycles. The smallest absolute Gasteiger partial charge is 0.320 e. The van der Waals surface area contributed by atoms with Crippen molar-refractivity contribution in [2.75, 3.05) is 42.2 Å². The fourth-order valence-corrected chi connectivity index (χ4v) is 4.32. The number of hydrogen-bond donors (Lipinski definition) is 2. The van der Waals surface area contributed by atoms with Crippen LogP contribution in [0.15, 0.2) is 18.2 Å². The van der Waals surface area contributed by atoms with Gasteiger partial charge in [0.05, 0.1) is 13.2 Å². The summed E-state index contributed by atoms with van der Waals surface area (Å²) in [4.78, 5) is 25.4. The number of aromatic nitrogens is 2. The van der Waals surface area contributed by atoms with Gasteiger partial charge in [0.25, 0.3) is 0 Å². The van der Waals surface area contributed by atoms with Gasteiger partial charge in [-0.15, -0.1) is 0 Å². The maximum absolute atomic E-state index is 12.3. The van der Waals surface area contributed by atoms with Crippen LogP contribution in [-0.2, 0) is 17.9 Å². The van der Waals surface area contributed by atoms with Crippen LogP contribution in [0.2, 0.25) is 5.02 Å². The average Bonchev–Trinajstić information content (AvgIpc) is 3.21. The summed E-state index contributed by atoms with van der Waals surface area (Å²) in [6, 6.07) is 6.33. The molecule has 0 bridgehead atoms. The van der Waals surface area contributed by atoms with Crippen LogP contribution >= 0.6 is 11.6 Å². The summed E-state index contributed by atoms with van der Waals surface area (Å²) in [6.45, 7) is 6.40. The molecule has 1 aromatic heterocycles. The van der Waals surface area contributed by atoms with E-state index in [2.05, 4.69) is 33.2 Å². The number of carbonyl (C=O) groups excluding carboxylic acids is 1. The molecule has 0 spiro atoms. The molecule has 1 fully saturated rings. The number of nitrogen functional groups attached to an aromatic ring is 1. The zero-order valence-corrected chi connectivity index (χ0v) is 18.6. The summed E-state index contributed by atoms with van der Waals surface area (Å²) >= 11 is 6.42. The Hall–Kier alpha value is -2.58. The summed E-state index contributed by atoms with van der Waals surface area (Å²) < 4.78 is 5.66. The first-order valence-corrected chi connectivity index (χ1v) is 11.3. The highest BCUT2D eigenvalue weighted by Crippen LogP contribution is 2.34. The van der Waals surface area contributed by atoms with E-state index < -0.39 is 0 Å². The minimum absolute atomic E-state index is 0.151. The van der Waals surface area contributed by atoms with E-state index in [-0.39, 0.29) is 24.3 Å². The molecule has 1 aromatic carbocycles. The number of fused-ring (bicyclic) bond motifs is 1. The van der Waals surface area contributed by atoms with Crippen molar-refractivity contribution in [2.45, 2.75) is 45.7 Å². The van der Waals surface area contributed by atoms with Crippen molar-refractivity contribution >= 4 is 34.8 Å². The van der Waals surface area contributed by atoms with Crippen molar-refractivity contribution in [3.63, 3.8) is 0 Å². The Labute approximate surface area is 187 Å². The highest BCUT2D eigenvalue weighted by Gasteiger charge is 2.27. The predicted molar refractivity (Wildman–Crippen MR) is 122 cm³/mol. The number of halogens is 1. The molecule has 31 heavy (non-hydrogen) atoms. The van der Waals surface area contributed by atoms with Crippen LogP contribution in [0.5, 0.6) is 6.01 Å². The molecule has 2 aliphatic rings. The summed E-state index contributed by atoms with van der Waals surface area (Å²) in [5, 5.41) is 3.48. The number of nitrogens with zero attached hydrogens (tertiary/aromatic N) is 4. The Kier molecular flexibility index (Phi) is 6.77. The monoisotopic (exact) mass is 444 g/mol. The SMILES string of the molecule is CCCCOc1nc(N)c2c(n1)N(Cc1cc(Cl)cc(CN3CCCC3)c1)CC(=O)N2. The lowest BCUT2D eigenvalue weighted by atomic mass is 10.1. The number of likely N-dealkylation sites (tertiary alicyclic amines) is 1. The lowest BCUT2D eigenvalue weighted by Crippen LogP contribution is -2.39. The molecule has 1 amide bonds. The van der Waals surface area contributed by atoms with Gasteiger partial charge in [0, 0.05) is 18.1 Å². The second kappa shape index (κ2) is 9.70. The Bertz CT molecular complexity index is 948. The number of nitrogens with one attached hydrogen (secondary N) is 1. The molecule has 2 aromatic rings. The summed E-state index contributed by atoms with van der Waals surface area (Å²) in [6.07, 6.45) is 4.41. The molecular weight excluding hydrogens is 416 g/mol. The molecule has 4 rings (SSSR count). The lowest BCUT2D eigenvalue weighted by molar-refractivity contribution is -0.115.